The summed E-state index contributed by atoms with van der Waals surface area (Å²) in [5.74, 6) is 2.42. The van der Waals surface area contributed by atoms with Gasteiger partial charge in [0.05, 0.1) is 5.69 Å². The van der Waals surface area contributed by atoms with Crippen LogP contribution in [0.1, 0.15) is 56.7 Å². The average Bonchev–Trinajstić information content (AvgIpc) is 3.38. The largest absolute Gasteiger partial charge is 0.356 e. The van der Waals surface area contributed by atoms with Crippen LogP contribution in [0.2, 0.25) is 0 Å². The Labute approximate surface area is 140 Å². The quantitative estimate of drug-likeness (QED) is 0.648. The molecular formula is C18H31N5. The molecule has 0 aliphatic heterocycles. The summed E-state index contributed by atoms with van der Waals surface area (Å²) in [7, 11) is 5.99. The molecule has 0 spiro atoms. The minimum absolute atomic E-state index is 0.444. The van der Waals surface area contributed by atoms with Crippen molar-refractivity contribution >= 4 is 5.96 Å². The Morgan fingerprint density at radius 2 is 2.17 bits per heavy atom. The van der Waals surface area contributed by atoms with Gasteiger partial charge in [0, 0.05) is 46.0 Å². The van der Waals surface area contributed by atoms with Crippen LogP contribution in [-0.4, -0.2) is 41.3 Å². The van der Waals surface area contributed by atoms with E-state index in [-0.39, 0.29) is 0 Å². The lowest BCUT2D eigenvalue weighted by molar-refractivity contribution is 0.409. The van der Waals surface area contributed by atoms with Crippen molar-refractivity contribution in [2.24, 2.45) is 23.4 Å². The highest BCUT2D eigenvalue weighted by Crippen LogP contribution is 2.60. The average molecular weight is 317 g/mol. The molecular weight excluding hydrogens is 286 g/mol. The monoisotopic (exact) mass is 317 g/mol. The van der Waals surface area contributed by atoms with Gasteiger partial charge in [0.15, 0.2) is 5.96 Å². The highest BCUT2D eigenvalue weighted by molar-refractivity contribution is 5.79. The fourth-order valence-electron chi connectivity index (χ4n) is 3.72. The van der Waals surface area contributed by atoms with Crippen molar-refractivity contribution in [3.05, 3.63) is 17.5 Å². The van der Waals surface area contributed by atoms with Crippen LogP contribution in [0.15, 0.2) is 11.2 Å². The Kier molecular flexibility index (Phi) is 4.39. The first-order valence-electron chi connectivity index (χ1n) is 8.89. The predicted molar refractivity (Wildman–Crippen MR) is 94.5 cm³/mol. The molecule has 0 aromatic carbocycles. The molecule has 1 heterocycles. The SMILES string of the molecule is CN=C(NCC1(C2CC2)CC1)N(C)Cc1cn(C)nc1C(C)C. The van der Waals surface area contributed by atoms with Gasteiger partial charge in [-0.1, -0.05) is 13.8 Å². The summed E-state index contributed by atoms with van der Waals surface area (Å²) in [5.41, 5.74) is 3.07. The van der Waals surface area contributed by atoms with Crippen molar-refractivity contribution in [1.29, 1.82) is 0 Å². The molecule has 1 N–H and O–H groups in total. The van der Waals surface area contributed by atoms with Gasteiger partial charge in [-0.3, -0.25) is 9.67 Å². The van der Waals surface area contributed by atoms with Crippen molar-refractivity contribution in [2.45, 2.75) is 52.0 Å². The van der Waals surface area contributed by atoms with Crippen LogP contribution >= 0.6 is 0 Å². The first-order chi connectivity index (χ1) is 10.9. The van der Waals surface area contributed by atoms with Crippen molar-refractivity contribution in [2.75, 3.05) is 20.6 Å². The van der Waals surface area contributed by atoms with E-state index in [1.165, 1.54) is 36.9 Å². The maximum Gasteiger partial charge on any atom is 0.193 e. The van der Waals surface area contributed by atoms with E-state index in [0.29, 0.717) is 11.3 Å². The highest BCUT2D eigenvalue weighted by Gasteiger charge is 2.53. The van der Waals surface area contributed by atoms with Gasteiger partial charge in [0.25, 0.3) is 0 Å². The molecule has 128 valence electrons. The minimum Gasteiger partial charge on any atom is -0.356 e. The first-order valence-corrected chi connectivity index (χ1v) is 8.89. The van der Waals surface area contributed by atoms with Crippen LogP contribution in [0.3, 0.4) is 0 Å². The van der Waals surface area contributed by atoms with E-state index in [9.17, 15) is 0 Å². The van der Waals surface area contributed by atoms with Gasteiger partial charge in [-0.05, 0) is 42.9 Å². The molecule has 2 aliphatic rings. The van der Waals surface area contributed by atoms with Crippen LogP contribution in [0.5, 0.6) is 0 Å². The molecule has 3 rings (SSSR count). The van der Waals surface area contributed by atoms with E-state index in [1.807, 2.05) is 18.8 Å². The number of aromatic nitrogens is 2. The smallest absolute Gasteiger partial charge is 0.193 e. The van der Waals surface area contributed by atoms with E-state index in [1.54, 1.807) is 0 Å². The summed E-state index contributed by atoms with van der Waals surface area (Å²) < 4.78 is 1.92. The summed E-state index contributed by atoms with van der Waals surface area (Å²) in [4.78, 5) is 6.69. The van der Waals surface area contributed by atoms with Crippen LogP contribution < -0.4 is 5.32 Å². The second kappa shape index (κ2) is 6.17. The maximum atomic E-state index is 4.60. The van der Waals surface area contributed by atoms with Crippen molar-refractivity contribution < 1.29 is 0 Å². The summed E-state index contributed by atoms with van der Waals surface area (Å²) >= 11 is 0. The van der Waals surface area contributed by atoms with Gasteiger partial charge < -0.3 is 10.2 Å². The van der Waals surface area contributed by atoms with Gasteiger partial charge in [-0.25, -0.2) is 0 Å². The normalized spacial score (nSPS) is 20.0. The number of nitrogens with one attached hydrogen (secondary N) is 1. The van der Waals surface area contributed by atoms with Crippen LogP contribution in [0.25, 0.3) is 0 Å². The fraction of sp³-hybridized carbons (Fsp3) is 0.778. The molecule has 0 radical (unpaired) electrons. The van der Waals surface area contributed by atoms with E-state index >= 15 is 0 Å². The number of aryl methyl sites for hydroxylation is 1. The molecule has 0 atom stereocenters. The van der Waals surface area contributed by atoms with Crippen molar-refractivity contribution in [1.82, 2.24) is 20.0 Å². The summed E-state index contributed by atoms with van der Waals surface area (Å²) in [6, 6.07) is 0. The molecule has 5 heteroatoms. The highest BCUT2D eigenvalue weighted by atomic mass is 15.3. The van der Waals surface area contributed by atoms with Crippen LogP contribution in [0, 0.1) is 11.3 Å². The van der Waals surface area contributed by atoms with E-state index in [0.717, 1.165) is 25.0 Å². The van der Waals surface area contributed by atoms with Gasteiger partial charge in [-0.2, -0.15) is 5.10 Å². The molecule has 23 heavy (non-hydrogen) atoms. The lowest BCUT2D eigenvalue weighted by Gasteiger charge is -2.24. The molecule has 1 aromatic heterocycles. The van der Waals surface area contributed by atoms with Crippen molar-refractivity contribution in [3.63, 3.8) is 0 Å². The third kappa shape index (κ3) is 3.54. The Hall–Kier alpha value is -1.52. The Morgan fingerprint density at radius 1 is 1.48 bits per heavy atom. The number of rotatable bonds is 6. The van der Waals surface area contributed by atoms with E-state index < -0.39 is 0 Å². The van der Waals surface area contributed by atoms with Crippen LogP contribution in [-0.2, 0) is 13.6 Å². The molecule has 0 bridgehead atoms. The molecule has 2 aliphatic carbocycles. The fourth-order valence-corrected chi connectivity index (χ4v) is 3.72. The Bertz CT molecular complexity index is 578. The summed E-state index contributed by atoms with van der Waals surface area (Å²) in [6.45, 7) is 6.33. The third-order valence-electron chi connectivity index (χ3n) is 5.40. The number of hydrogen-bond donors (Lipinski definition) is 1. The number of guanidine groups is 1. The molecule has 1 aromatic rings. The standard InChI is InChI=1S/C18H31N5/c1-13(2)16-14(11-23(5)21-16)10-22(4)17(19-3)20-12-18(8-9-18)15-6-7-15/h11,13,15H,6-10,12H2,1-5H3,(H,19,20). The topological polar surface area (TPSA) is 45.5 Å². The van der Waals surface area contributed by atoms with Gasteiger partial charge >= 0.3 is 0 Å². The van der Waals surface area contributed by atoms with E-state index in [4.69, 9.17) is 0 Å². The minimum atomic E-state index is 0.444. The molecule has 2 saturated carbocycles. The number of aliphatic imine (C=N–C) groups is 1. The zero-order chi connectivity index (χ0) is 16.6. The molecule has 0 unspecified atom stereocenters. The maximum absolute atomic E-state index is 4.60. The second-order valence-electron chi connectivity index (χ2n) is 7.76. The van der Waals surface area contributed by atoms with E-state index in [2.05, 4.69) is 47.4 Å². The zero-order valence-electron chi connectivity index (χ0n) is 15.3. The Balaban J connectivity index is 1.60. The zero-order valence-corrected chi connectivity index (χ0v) is 15.3. The number of nitrogens with zero attached hydrogens (tertiary/aromatic N) is 4. The lowest BCUT2D eigenvalue weighted by Crippen LogP contribution is -2.41. The van der Waals surface area contributed by atoms with Gasteiger partial charge in [0.2, 0.25) is 0 Å². The van der Waals surface area contributed by atoms with Crippen LogP contribution in [0.4, 0.5) is 0 Å². The first kappa shape index (κ1) is 16.3. The molecule has 5 nitrogen and oxygen atoms in total. The van der Waals surface area contributed by atoms with Gasteiger partial charge in [-0.15, -0.1) is 0 Å². The van der Waals surface area contributed by atoms with Crippen molar-refractivity contribution in [3.8, 4) is 0 Å². The van der Waals surface area contributed by atoms with Gasteiger partial charge in [0.1, 0.15) is 0 Å². The predicted octanol–water partition coefficient (Wildman–Crippen LogP) is 2.74. The molecule has 2 fully saturated rings. The summed E-state index contributed by atoms with van der Waals surface area (Å²) in [5, 5.41) is 8.22. The molecule has 0 saturated heterocycles. The number of hydrogen-bond acceptors (Lipinski definition) is 2. The second-order valence-corrected chi connectivity index (χ2v) is 7.76. The molecule has 0 amide bonds. The third-order valence-corrected chi connectivity index (χ3v) is 5.40. The Morgan fingerprint density at radius 3 is 2.70 bits per heavy atom. The summed E-state index contributed by atoms with van der Waals surface area (Å²) in [6.07, 6.45) is 7.79. The lowest BCUT2D eigenvalue weighted by atomic mass is 10.0.